The molecular formula is C28H27BrClFN2O2. The summed E-state index contributed by atoms with van der Waals surface area (Å²) < 4.78 is 26.4. The fourth-order valence-electron chi connectivity index (χ4n) is 4.07. The van der Waals surface area contributed by atoms with E-state index in [4.69, 9.17) is 21.1 Å². The first kappa shape index (κ1) is 25.4. The number of aromatic nitrogens is 2. The molecule has 0 bridgehead atoms. The third-order valence-corrected chi connectivity index (χ3v) is 6.27. The summed E-state index contributed by atoms with van der Waals surface area (Å²) in [5.41, 5.74) is 5.33. The van der Waals surface area contributed by atoms with Crippen LogP contribution in [0.5, 0.6) is 5.75 Å². The number of alkyl halides is 1. The zero-order valence-corrected chi connectivity index (χ0v) is 21.8. The molecule has 4 rings (SSSR count). The van der Waals surface area contributed by atoms with Crippen molar-refractivity contribution in [1.82, 2.24) is 10.2 Å². The highest BCUT2D eigenvalue weighted by molar-refractivity contribution is 9.09. The van der Waals surface area contributed by atoms with Gasteiger partial charge in [-0.25, -0.2) is 4.39 Å². The summed E-state index contributed by atoms with van der Waals surface area (Å²) in [7, 11) is 0. The van der Waals surface area contributed by atoms with Crippen molar-refractivity contribution in [3.05, 3.63) is 94.4 Å². The molecule has 0 fully saturated rings. The summed E-state index contributed by atoms with van der Waals surface area (Å²) in [6, 6.07) is 18.9. The summed E-state index contributed by atoms with van der Waals surface area (Å²) in [4.78, 5) is 0. The van der Waals surface area contributed by atoms with E-state index in [2.05, 4.69) is 32.2 Å². The highest BCUT2D eigenvalue weighted by Crippen LogP contribution is 2.37. The molecule has 0 amide bonds. The fourth-order valence-corrected chi connectivity index (χ4v) is 4.46. The van der Waals surface area contributed by atoms with E-state index in [1.807, 2.05) is 43.3 Å². The number of ether oxygens (including phenoxy) is 2. The number of hydrogen-bond acceptors (Lipinski definition) is 3. The number of nitrogens with zero attached hydrogens (tertiary/aromatic N) is 1. The number of benzene rings is 3. The molecule has 35 heavy (non-hydrogen) atoms. The first-order valence-electron chi connectivity index (χ1n) is 11.6. The van der Waals surface area contributed by atoms with E-state index in [-0.39, 0.29) is 5.82 Å². The van der Waals surface area contributed by atoms with Crippen LogP contribution in [0.3, 0.4) is 0 Å². The molecule has 4 aromatic rings. The van der Waals surface area contributed by atoms with Crippen molar-refractivity contribution in [3.63, 3.8) is 0 Å². The Labute approximate surface area is 218 Å². The van der Waals surface area contributed by atoms with Gasteiger partial charge in [0.05, 0.1) is 24.9 Å². The average molecular weight is 558 g/mol. The number of fused-ring (bicyclic) bond motifs is 1. The molecule has 0 radical (unpaired) electrons. The summed E-state index contributed by atoms with van der Waals surface area (Å²) >= 11 is 9.38. The summed E-state index contributed by atoms with van der Waals surface area (Å²) in [6.07, 6.45) is 3.26. The molecule has 7 heteroatoms. The third-order valence-electron chi connectivity index (χ3n) is 5.71. The van der Waals surface area contributed by atoms with Crippen LogP contribution in [0.1, 0.15) is 36.5 Å². The van der Waals surface area contributed by atoms with Crippen LogP contribution in [0, 0.1) is 5.82 Å². The van der Waals surface area contributed by atoms with E-state index in [1.165, 1.54) is 6.07 Å². The van der Waals surface area contributed by atoms with Crippen molar-refractivity contribution >= 4 is 49.6 Å². The lowest BCUT2D eigenvalue weighted by molar-refractivity contribution is 0.133. The standard InChI is InChI=1S/C28H27BrClFN2O2/c1-2-24(25-10-7-22(30)17-26(25)31)28(20-6-11-27-21(16-20)18-32-33-27)19-4-8-23(9-5-19)35-14-3-13-34-15-12-29/h4-11,16-18H,2-3,12-15H2,1H3,(H,32,33). The van der Waals surface area contributed by atoms with Gasteiger partial charge in [0.2, 0.25) is 0 Å². The molecule has 1 aromatic heterocycles. The van der Waals surface area contributed by atoms with Crippen LogP contribution in [0.4, 0.5) is 4.39 Å². The van der Waals surface area contributed by atoms with Gasteiger partial charge in [-0.15, -0.1) is 0 Å². The van der Waals surface area contributed by atoms with Crippen LogP contribution < -0.4 is 4.74 Å². The van der Waals surface area contributed by atoms with Crippen molar-refractivity contribution in [2.45, 2.75) is 19.8 Å². The maximum absolute atomic E-state index is 15.0. The number of allylic oxidation sites excluding steroid dienone is 1. The molecule has 3 aromatic carbocycles. The minimum absolute atomic E-state index is 0.335. The van der Waals surface area contributed by atoms with Crippen molar-refractivity contribution in [3.8, 4) is 5.75 Å². The van der Waals surface area contributed by atoms with Gasteiger partial charge in [-0.2, -0.15) is 5.10 Å². The van der Waals surface area contributed by atoms with E-state index in [9.17, 15) is 0 Å². The minimum atomic E-state index is -0.335. The average Bonchev–Trinajstić information content (AvgIpc) is 3.34. The van der Waals surface area contributed by atoms with Crippen molar-refractivity contribution in [1.29, 1.82) is 0 Å². The molecule has 4 nitrogen and oxygen atoms in total. The largest absolute Gasteiger partial charge is 0.494 e. The highest BCUT2D eigenvalue weighted by atomic mass is 79.9. The van der Waals surface area contributed by atoms with E-state index in [1.54, 1.807) is 18.3 Å². The zero-order valence-electron chi connectivity index (χ0n) is 19.5. The molecule has 1 N–H and O–H groups in total. The molecule has 0 spiro atoms. The normalized spacial score (nSPS) is 12.1. The first-order valence-corrected chi connectivity index (χ1v) is 13.1. The van der Waals surface area contributed by atoms with Crippen LogP contribution in [-0.4, -0.2) is 35.3 Å². The molecule has 0 aliphatic heterocycles. The van der Waals surface area contributed by atoms with E-state index in [0.717, 1.165) is 50.7 Å². The Bertz CT molecular complexity index is 1300. The van der Waals surface area contributed by atoms with Gasteiger partial charge < -0.3 is 9.47 Å². The summed E-state index contributed by atoms with van der Waals surface area (Å²) in [5, 5.41) is 9.33. The third kappa shape index (κ3) is 6.31. The van der Waals surface area contributed by atoms with Gasteiger partial charge in [-0.1, -0.05) is 58.7 Å². The molecule has 182 valence electrons. The lowest BCUT2D eigenvalue weighted by Gasteiger charge is -2.17. The monoisotopic (exact) mass is 556 g/mol. The predicted octanol–water partition coefficient (Wildman–Crippen LogP) is 7.90. The van der Waals surface area contributed by atoms with Crippen molar-refractivity contribution < 1.29 is 13.9 Å². The number of H-pyrrole nitrogens is 1. The number of rotatable bonds is 11. The number of aromatic amines is 1. The van der Waals surface area contributed by atoms with Gasteiger partial charge in [0.15, 0.2) is 0 Å². The highest BCUT2D eigenvalue weighted by Gasteiger charge is 2.17. The number of hydrogen-bond donors (Lipinski definition) is 1. The van der Waals surface area contributed by atoms with Crippen LogP contribution in [0.15, 0.2) is 66.9 Å². The Morgan fingerprint density at radius 3 is 2.54 bits per heavy atom. The Hall–Kier alpha value is -2.67. The molecule has 0 unspecified atom stereocenters. The van der Waals surface area contributed by atoms with Gasteiger partial charge in [0.25, 0.3) is 0 Å². The molecule has 0 aliphatic carbocycles. The minimum Gasteiger partial charge on any atom is -0.494 e. The van der Waals surface area contributed by atoms with Gasteiger partial charge in [-0.05, 0) is 65.1 Å². The molecule has 1 heterocycles. The van der Waals surface area contributed by atoms with Crippen LogP contribution >= 0.6 is 27.5 Å². The van der Waals surface area contributed by atoms with Gasteiger partial charge >= 0.3 is 0 Å². The smallest absolute Gasteiger partial charge is 0.132 e. The van der Waals surface area contributed by atoms with Crippen LogP contribution in [0.2, 0.25) is 5.02 Å². The van der Waals surface area contributed by atoms with Gasteiger partial charge in [0, 0.05) is 34.3 Å². The number of nitrogens with one attached hydrogen (secondary N) is 1. The lowest BCUT2D eigenvalue weighted by atomic mass is 9.87. The summed E-state index contributed by atoms with van der Waals surface area (Å²) in [5.74, 6) is 0.452. The molecule has 0 aliphatic rings. The quantitative estimate of drug-likeness (QED) is 0.116. The maximum Gasteiger partial charge on any atom is 0.132 e. The van der Waals surface area contributed by atoms with Crippen molar-refractivity contribution in [2.75, 3.05) is 25.2 Å². The second kappa shape index (κ2) is 12.3. The Morgan fingerprint density at radius 2 is 1.80 bits per heavy atom. The topological polar surface area (TPSA) is 47.1 Å². The number of halogens is 3. The second-order valence-corrected chi connectivity index (χ2v) is 9.26. The molecule has 0 saturated carbocycles. The second-order valence-electron chi connectivity index (χ2n) is 8.03. The van der Waals surface area contributed by atoms with Gasteiger partial charge in [0.1, 0.15) is 11.6 Å². The lowest BCUT2D eigenvalue weighted by Crippen LogP contribution is -2.04. The van der Waals surface area contributed by atoms with Crippen LogP contribution in [0.25, 0.3) is 22.0 Å². The summed E-state index contributed by atoms with van der Waals surface area (Å²) in [6.45, 7) is 3.98. The van der Waals surface area contributed by atoms with Crippen LogP contribution in [-0.2, 0) is 4.74 Å². The first-order chi connectivity index (χ1) is 17.1. The SMILES string of the molecule is CCC(=C(c1ccc(OCCCOCCBr)cc1)c1ccc2[nH]ncc2c1)c1ccc(Cl)cc1F. The predicted molar refractivity (Wildman–Crippen MR) is 145 cm³/mol. The Balaban J connectivity index is 1.70. The van der Waals surface area contributed by atoms with Gasteiger partial charge in [-0.3, -0.25) is 5.10 Å². The fraction of sp³-hybridized carbons (Fsp3) is 0.250. The van der Waals surface area contributed by atoms with E-state index >= 15 is 4.39 Å². The Kier molecular flexibility index (Phi) is 8.96. The molecular weight excluding hydrogens is 531 g/mol. The Morgan fingerprint density at radius 1 is 1.00 bits per heavy atom. The molecule has 0 saturated heterocycles. The molecule has 0 atom stereocenters. The zero-order chi connectivity index (χ0) is 24.6. The van der Waals surface area contributed by atoms with E-state index < -0.39 is 0 Å². The van der Waals surface area contributed by atoms with E-state index in [0.29, 0.717) is 36.8 Å². The van der Waals surface area contributed by atoms with Crippen molar-refractivity contribution in [2.24, 2.45) is 0 Å². The maximum atomic E-state index is 15.0.